The van der Waals surface area contributed by atoms with E-state index in [0.717, 1.165) is 6.42 Å². The van der Waals surface area contributed by atoms with E-state index in [1.54, 1.807) is 0 Å². The van der Waals surface area contributed by atoms with E-state index in [1.807, 2.05) is 0 Å². The van der Waals surface area contributed by atoms with Crippen LogP contribution in [0.15, 0.2) is 24.3 Å². The maximum Gasteiger partial charge on any atom is 0.208 e. The van der Waals surface area contributed by atoms with E-state index in [9.17, 15) is 0 Å². The zero-order valence-corrected chi connectivity index (χ0v) is 6.96. The molecule has 0 amide bonds. The maximum absolute atomic E-state index is 2.26. The third-order valence-corrected chi connectivity index (χ3v) is 2.37. The SMILES string of the molecule is CC1=[N+](C)c2ccccc2C1. The van der Waals surface area contributed by atoms with E-state index >= 15 is 0 Å². The van der Waals surface area contributed by atoms with Crippen LogP contribution in [0.3, 0.4) is 0 Å². The third kappa shape index (κ3) is 0.881. The minimum Gasteiger partial charge on any atom is -0.202 e. The van der Waals surface area contributed by atoms with Crippen LogP contribution in [-0.2, 0) is 6.42 Å². The van der Waals surface area contributed by atoms with Gasteiger partial charge in [-0.2, -0.15) is 0 Å². The van der Waals surface area contributed by atoms with Gasteiger partial charge in [0.05, 0.1) is 6.42 Å². The van der Waals surface area contributed by atoms with Gasteiger partial charge in [-0.1, -0.05) is 18.2 Å². The summed E-state index contributed by atoms with van der Waals surface area (Å²) in [5, 5.41) is 0. The highest BCUT2D eigenvalue weighted by Gasteiger charge is 2.21. The Labute approximate surface area is 67.0 Å². The summed E-state index contributed by atoms with van der Waals surface area (Å²) >= 11 is 0. The van der Waals surface area contributed by atoms with Crippen molar-refractivity contribution in [3.8, 4) is 0 Å². The van der Waals surface area contributed by atoms with E-state index < -0.39 is 0 Å². The first-order valence-electron chi connectivity index (χ1n) is 3.93. The lowest BCUT2D eigenvalue weighted by molar-refractivity contribution is -0.402. The van der Waals surface area contributed by atoms with Crippen molar-refractivity contribution in [3.63, 3.8) is 0 Å². The summed E-state index contributed by atoms with van der Waals surface area (Å²) in [6.07, 6.45) is 1.12. The number of fused-ring (bicyclic) bond motifs is 1. The number of hydrogen-bond donors (Lipinski definition) is 0. The van der Waals surface area contributed by atoms with Crippen LogP contribution in [0.4, 0.5) is 5.69 Å². The average Bonchev–Trinajstić information content (AvgIpc) is 2.30. The van der Waals surface area contributed by atoms with Crippen LogP contribution < -0.4 is 0 Å². The van der Waals surface area contributed by atoms with Crippen LogP contribution in [0.1, 0.15) is 12.5 Å². The Morgan fingerprint density at radius 2 is 2.00 bits per heavy atom. The summed E-state index contributed by atoms with van der Waals surface area (Å²) < 4.78 is 2.26. The molecule has 0 spiro atoms. The Bertz CT molecular complexity index is 323. The van der Waals surface area contributed by atoms with Crippen molar-refractivity contribution in [1.29, 1.82) is 0 Å². The molecule has 0 aliphatic carbocycles. The Balaban J connectivity index is 2.60. The van der Waals surface area contributed by atoms with Crippen LogP contribution in [0, 0.1) is 0 Å². The Hall–Kier alpha value is -1.11. The third-order valence-electron chi connectivity index (χ3n) is 2.37. The van der Waals surface area contributed by atoms with E-state index in [1.165, 1.54) is 17.0 Å². The van der Waals surface area contributed by atoms with Gasteiger partial charge in [-0.25, -0.2) is 4.58 Å². The highest BCUT2D eigenvalue weighted by Crippen LogP contribution is 2.23. The molecular weight excluding hydrogens is 134 g/mol. The maximum atomic E-state index is 2.26. The van der Waals surface area contributed by atoms with Crippen LogP contribution in [0.2, 0.25) is 0 Å². The highest BCUT2D eigenvalue weighted by atomic mass is 15.0. The van der Waals surface area contributed by atoms with Crippen molar-refractivity contribution in [3.05, 3.63) is 29.8 Å². The van der Waals surface area contributed by atoms with Gasteiger partial charge < -0.3 is 0 Å². The predicted octanol–water partition coefficient (Wildman–Crippen LogP) is 1.98. The standard InChI is InChI=1S/C10H12N/c1-8-7-9-5-3-4-6-10(9)11(8)2/h3-6H,7H2,1-2H3/q+1. The molecule has 0 aromatic heterocycles. The Morgan fingerprint density at radius 1 is 1.27 bits per heavy atom. The molecule has 0 fully saturated rings. The van der Waals surface area contributed by atoms with Crippen molar-refractivity contribution in [2.45, 2.75) is 13.3 Å². The van der Waals surface area contributed by atoms with Crippen molar-refractivity contribution >= 4 is 11.4 Å². The van der Waals surface area contributed by atoms with Gasteiger partial charge in [0.25, 0.3) is 0 Å². The molecule has 56 valence electrons. The van der Waals surface area contributed by atoms with Crippen LogP contribution >= 0.6 is 0 Å². The topological polar surface area (TPSA) is 3.01 Å². The van der Waals surface area contributed by atoms with Gasteiger partial charge in [0, 0.05) is 18.6 Å². The molecule has 1 aliphatic heterocycles. The summed E-state index contributed by atoms with van der Waals surface area (Å²) in [5.74, 6) is 0. The quantitative estimate of drug-likeness (QED) is 0.492. The van der Waals surface area contributed by atoms with Crippen LogP contribution in [0.25, 0.3) is 0 Å². The van der Waals surface area contributed by atoms with Crippen LogP contribution in [0.5, 0.6) is 0 Å². The second-order valence-electron chi connectivity index (χ2n) is 3.10. The summed E-state index contributed by atoms with van der Waals surface area (Å²) in [6.45, 7) is 2.18. The molecule has 1 aromatic carbocycles. The van der Waals surface area contributed by atoms with Gasteiger partial charge in [-0.05, 0) is 0 Å². The molecule has 0 bridgehead atoms. The molecule has 0 atom stereocenters. The van der Waals surface area contributed by atoms with Crippen molar-refractivity contribution < 1.29 is 4.58 Å². The zero-order valence-electron chi connectivity index (χ0n) is 6.96. The molecule has 1 heterocycles. The fourth-order valence-electron chi connectivity index (χ4n) is 1.59. The molecule has 0 saturated carbocycles. The first kappa shape index (κ1) is 6.59. The number of hydrogen-bond acceptors (Lipinski definition) is 0. The molecule has 1 aromatic rings. The van der Waals surface area contributed by atoms with Crippen molar-refractivity contribution in [1.82, 2.24) is 0 Å². The lowest BCUT2D eigenvalue weighted by Gasteiger charge is -1.91. The van der Waals surface area contributed by atoms with Crippen molar-refractivity contribution in [2.24, 2.45) is 0 Å². The smallest absolute Gasteiger partial charge is 0.202 e. The molecule has 11 heavy (non-hydrogen) atoms. The summed E-state index contributed by atoms with van der Waals surface area (Å²) in [5.41, 5.74) is 4.25. The molecule has 1 aliphatic rings. The Morgan fingerprint density at radius 3 is 2.73 bits per heavy atom. The number of para-hydroxylation sites is 1. The lowest BCUT2D eigenvalue weighted by atomic mass is 10.1. The summed E-state index contributed by atoms with van der Waals surface area (Å²) in [6, 6.07) is 8.56. The zero-order chi connectivity index (χ0) is 7.84. The molecule has 0 unspecified atom stereocenters. The molecule has 0 N–H and O–H groups in total. The molecule has 0 saturated heterocycles. The normalized spacial score (nSPS) is 15.5. The highest BCUT2D eigenvalue weighted by molar-refractivity contribution is 5.84. The van der Waals surface area contributed by atoms with E-state index in [0.29, 0.717) is 0 Å². The van der Waals surface area contributed by atoms with E-state index in [2.05, 4.69) is 42.8 Å². The second-order valence-corrected chi connectivity index (χ2v) is 3.10. The number of rotatable bonds is 0. The average molecular weight is 146 g/mol. The Kier molecular flexibility index (Phi) is 1.31. The minimum atomic E-state index is 1.12. The van der Waals surface area contributed by atoms with E-state index in [-0.39, 0.29) is 0 Å². The van der Waals surface area contributed by atoms with Gasteiger partial charge in [-0.3, -0.25) is 0 Å². The fourth-order valence-corrected chi connectivity index (χ4v) is 1.59. The van der Waals surface area contributed by atoms with Gasteiger partial charge in [0.2, 0.25) is 5.69 Å². The molecule has 1 heteroatoms. The summed E-state index contributed by atoms with van der Waals surface area (Å²) in [7, 11) is 2.13. The van der Waals surface area contributed by atoms with E-state index in [4.69, 9.17) is 0 Å². The molecular formula is C10H12N+. The van der Waals surface area contributed by atoms with Crippen molar-refractivity contribution in [2.75, 3.05) is 7.05 Å². The van der Waals surface area contributed by atoms with Crippen LogP contribution in [-0.4, -0.2) is 17.3 Å². The number of nitrogens with zero attached hydrogens (tertiary/aromatic N) is 1. The van der Waals surface area contributed by atoms with Gasteiger partial charge in [-0.15, -0.1) is 0 Å². The number of benzene rings is 1. The van der Waals surface area contributed by atoms with Gasteiger partial charge in [0.1, 0.15) is 7.05 Å². The largest absolute Gasteiger partial charge is 0.208 e. The minimum absolute atomic E-state index is 1.12. The molecule has 1 nitrogen and oxygen atoms in total. The monoisotopic (exact) mass is 146 g/mol. The molecule has 2 rings (SSSR count). The summed E-state index contributed by atoms with van der Waals surface area (Å²) in [4.78, 5) is 0. The first-order valence-corrected chi connectivity index (χ1v) is 3.93. The second kappa shape index (κ2) is 2.19. The first-order chi connectivity index (χ1) is 5.29. The lowest BCUT2D eigenvalue weighted by Crippen LogP contribution is -2.02. The fraction of sp³-hybridized carbons (Fsp3) is 0.300. The molecule has 0 radical (unpaired) electrons. The predicted molar refractivity (Wildman–Crippen MR) is 46.7 cm³/mol. The van der Waals surface area contributed by atoms with Gasteiger partial charge in [0.15, 0.2) is 5.71 Å². The van der Waals surface area contributed by atoms with Gasteiger partial charge >= 0.3 is 0 Å².